The first-order chi connectivity index (χ1) is 6.95. The summed E-state index contributed by atoms with van der Waals surface area (Å²) in [6.07, 6.45) is 1.62. The van der Waals surface area contributed by atoms with E-state index in [1.807, 2.05) is 0 Å². The number of hydrogen-bond acceptors (Lipinski definition) is 2. The zero-order valence-electron chi connectivity index (χ0n) is 7.93. The van der Waals surface area contributed by atoms with Crippen molar-refractivity contribution in [1.82, 2.24) is 0 Å². The van der Waals surface area contributed by atoms with E-state index in [1.165, 1.54) is 6.08 Å². The summed E-state index contributed by atoms with van der Waals surface area (Å²) >= 11 is 5.68. The maximum absolute atomic E-state index is 11.1. The van der Waals surface area contributed by atoms with E-state index >= 15 is 0 Å². The number of hydrogen-bond donors (Lipinski definition) is 1. The van der Waals surface area contributed by atoms with Crippen molar-refractivity contribution in [1.29, 1.82) is 0 Å². The van der Waals surface area contributed by atoms with Gasteiger partial charge in [0.05, 0.1) is 0 Å². The van der Waals surface area contributed by atoms with Gasteiger partial charge >= 0.3 is 0 Å². The molecule has 0 heterocycles. The monoisotopic (exact) mass is 246 g/mol. The third-order valence-electron chi connectivity index (χ3n) is 1.98. The fraction of sp³-hybridized carbons (Fsp3) is 0.200. The number of allylic oxidation sites excluding steroid dienone is 1. The van der Waals surface area contributed by atoms with E-state index in [4.69, 9.17) is 16.2 Å². The van der Waals surface area contributed by atoms with Crippen LogP contribution in [0.5, 0.6) is 0 Å². The molecule has 1 atom stereocenters. The van der Waals surface area contributed by atoms with Crippen LogP contribution in [0.4, 0.5) is 0 Å². The highest BCUT2D eigenvalue weighted by molar-refractivity contribution is 7.86. The fourth-order valence-corrected chi connectivity index (χ4v) is 2.26. The van der Waals surface area contributed by atoms with Crippen LogP contribution in [0, 0.1) is 0 Å². The Hall–Kier alpha value is -0.840. The van der Waals surface area contributed by atoms with Gasteiger partial charge in [-0.3, -0.25) is 4.55 Å². The van der Waals surface area contributed by atoms with Gasteiger partial charge in [-0.1, -0.05) is 29.8 Å². The van der Waals surface area contributed by atoms with Gasteiger partial charge in [0.25, 0.3) is 10.1 Å². The van der Waals surface area contributed by atoms with Gasteiger partial charge in [-0.25, -0.2) is 0 Å². The average Bonchev–Trinajstić information content (AvgIpc) is 2.14. The highest BCUT2D eigenvalue weighted by Gasteiger charge is 2.23. The normalized spacial score (nSPS) is 13.5. The zero-order valence-corrected chi connectivity index (χ0v) is 9.50. The van der Waals surface area contributed by atoms with Gasteiger partial charge in [0.2, 0.25) is 0 Å². The molecule has 0 fully saturated rings. The summed E-state index contributed by atoms with van der Waals surface area (Å²) in [5, 5.41) is -0.446. The van der Waals surface area contributed by atoms with Gasteiger partial charge in [-0.15, -0.1) is 6.58 Å². The topological polar surface area (TPSA) is 54.4 Å². The lowest BCUT2D eigenvalue weighted by Crippen LogP contribution is -2.11. The van der Waals surface area contributed by atoms with Crippen LogP contribution in [0.25, 0.3) is 0 Å². The van der Waals surface area contributed by atoms with E-state index in [0.717, 1.165) is 0 Å². The minimum atomic E-state index is -4.11. The van der Waals surface area contributed by atoms with E-state index < -0.39 is 15.4 Å². The lowest BCUT2D eigenvalue weighted by atomic mass is 10.1. The summed E-state index contributed by atoms with van der Waals surface area (Å²) in [5.41, 5.74) is 0.502. The Morgan fingerprint density at radius 1 is 1.40 bits per heavy atom. The second-order valence-corrected chi connectivity index (χ2v) is 5.11. The fourth-order valence-electron chi connectivity index (χ4n) is 1.26. The Balaban J connectivity index is 3.10. The Kier molecular flexibility index (Phi) is 3.90. The Labute approximate surface area is 94.1 Å². The van der Waals surface area contributed by atoms with Crippen LogP contribution >= 0.6 is 11.6 Å². The Bertz CT molecular complexity index is 436. The van der Waals surface area contributed by atoms with Crippen molar-refractivity contribution in [3.05, 3.63) is 47.5 Å². The van der Waals surface area contributed by atoms with Crippen molar-refractivity contribution in [3.8, 4) is 0 Å². The highest BCUT2D eigenvalue weighted by Crippen LogP contribution is 2.26. The van der Waals surface area contributed by atoms with E-state index in [2.05, 4.69) is 6.58 Å². The maximum Gasteiger partial charge on any atom is 0.272 e. The SMILES string of the molecule is C=CCC(c1ccc(Cl)cc1)S(=O)(=O)O. The van der Waals surface area contributed by atoms with Gasteiger partial charge in [0, 0.05) is 5.02 Å². The Morgan fingerprint density at radius 3 is 2.33 bits per heavy atom. The van der Waals surface area contributed by atoms with Crippen molar-refractivity contribution in [3.63, 3.8) is 0 Å². The van der Waals surface area contributed by atoms with Gasteiger partial charge in [0.15, 0.2) is 0 Å². The molecule has 0 bridgehead atoms. The predicted octanol–water partition coefficient (Wildman–Crippen LogP) is 2.85. The second-order valence-electron chi connectivity index (χ2n) is 3.08. The van der Waals surface area contributed by atoms with E-state index in [0.29, 0.717) is 10.6 Å². The molecule has 1 aromatic rings. The summed E-state index contributed by atoms with van der Waals surface area (Å²) in [4.78, 5) is 0. The van der Waals surface area contributed by atoms with E-state index in [9.17, 15) is 8.42 Å². The molecule has 82 valence electrons. The average molecular weight is 247 g/mol. The molecule has 15 heavy (non-hydrogen) atoms. The Morgan fingerprint density at radius 2 is 1.93 bits per heavy atom. The van der Waals surface area contributed by atoms with Gasteiger partial charge in [-0.05, 0) is 24.1 Å². The van der Waals surface area contributed by atoms with Gasteiger partial charge in [-0.2, -0.15) is 8.42 Å². The number of benzene rings is 1. The molecule has 0 saturated heterocycles. The van der Waals surface area contributed by atoms with Crippen molar-refractivity contribution >= 4 is 21.7 Å². The first kappa shape index (κ1) is 12.2. The van der Waals surface area contributed by atoms with Crippen LogP contribution in [0.2, 0.25) is 5.02 Å². The van der Waals surface area contributed by atoms with Crippen molar-refractivity contribution < 1.29 is 13.0 Å². The smallest absolute Gasteiger partial charge is 0.272 e. The minimum absolute atomic E-state index is 0.167. The molecule has 0 aliphatic carbocycles. The van der Waals surface area contributed by atoms with Crippen molar-refractivity contribution in [2.75, 3.05) is 0 Å². The molecule has 1 rings (SSSR count). The lowest BCUT2D eigenvalue weighted by Gasteiger charge is -2.11. The molecule has 1 unspecified atom stereocenters. The second kappa shape index (κ2) is 4.79. The molecular formula is C10H11ClO3S. The molecule has 0 aromatic heterocycles. The van der Waals surface area contributed by atoms with Crippen LogP contribution in [0.15, 0.2) is 36.9 Å². The third kappa shape index (κ3) is 3.34. The van der Waals surface area contributed by atoms with Crippen LogP contribution in [0.3, 0.4) is 0 Å². The molecule has 5 heteroatoms. The molecule has 1 N–H and O–H groups in total. The van der Waals surface area contributed by atoms with Gasteiger partial charge < -0.3 is 0 Å². The quantitative estimate of drug-likeness (QED) is 0.657. The molecular weight excluding hydrogens is 236 g/mol. The van der Waals surface area contributed by atoms with Crippen LogP contribution in [0.1, 0.15) is 17.2 Å². The summed E-state index contributed by atoms with van der Waals surface area (Å²) in [5.74, 6) is 0. The molecule has 3 nitrogen and oxygen atoms in total. The molecule has 0 aliphatic rings. The van der Waals surface area contributed by atoms with Crippen molar-refractivity contribution in [2.45, 2.75) is 11.7 Å². The summed E-state index contributed by atoms with van der Waals surface area (Å²) < 4.78 is 31.2. The molecule has 0 saturated carbocycles. The first-order valence-corrected chi connectivity index (χ1v) is 6.16. The number of rotatable bonds is 4. The molecule has 0 spiro atoms. The van der Waals surface area contributed by atoms with Crippen LogP contribution in [-0.4, -0.2) is 13.0 Å². The molecule has 0 aliphatic heterocycles. The molecule has 0 amide bonds. The highest BCUT2D eigenvalue weighted by atomic mass is 35.5. The van der Waals surface area contributed by atoms with E-state index in [1.54, 1.807) is 24.3 Å². The summed E-state index contributed by atoms with van der Waals surface area (Å²) in [7, 11) is -4.11. The van der Waals surface area contributed by atoms with Crippen LogP contribution < -0.4 is 0 Å². The van der Waals surface area contributed by atoms with Crippen LogP contribution in [-0.2, 0) is 10.1 Å². The maximum atomic E-state index is 11.1. The van der Waals surface area contributed by atoms with Gasteiger partial charge in [0.1, 0.15) is 5.25 Å². The predicted molar refractivity (Wildman–Crippen MR) is 60.6 cm³/mol. The largest absolute Gasteiger partial charge is 0.285 e. The minimum Gasteiger partial charge on any atom is -0.285 e. The zero-order chi connectivity index (χ0) is 11.5. The first-order valence-electron chi connectivity index (χ1n) is 4.28. The lowest BCUT2D eigenvalue weighted by molar-refractivity contribution is 0.468. The summed E-state index contributed by atoms with van der Waals surface area (Å²) in [6, 6.07) is 6.31. The molecule has 1 aromatic carbocycles. The molecule has 0 radical (unpaired) electrons. The standard InChI is InChI=1S/C10H11ClO3S/c1-2-3-10(15(12,13)14)8-4-6-9(11)7-5-8/h2,4-7,10H,1,3H2,(H,12,13,14). The third-order valence-corrected chi connectivity index (χ3v) is 3.42. The summed E-state index contributed by atoms with van der Waals surface area (Å²) in [6.45, 7) is 3.46. The van der Waals surface area contributed by atoms with E-state index in [-0.39, 0.29) is 6.42 Å². The number of halogens is 1. The van der Waals surface area contributed by atoms with Crippen molar-refractivity contribution in [2.24, 2.45) is 0 Å².